The third-order valence-corrected chi connectivity index (χ3v) is 2.46. The topological polar surface area (TPSA) is 3.24 Å². The Hall–Kier alpha value is -1.34. The van der Waals surface area contributed by atoms with Gasteiger partial charge in [-0.25, -0.2) is 0 Å². The van der Waals surface area contributed by atoms with Crippen LogP contribution in [-0.4, -0.2) is 18.0 Å². The predicted octanol–water partition coefficient (Wildman–Crippen LogP) is 3.48. The molecule has 0 spiro atoms. The normalized spacial score (nSPS) is 10.4. The molecule has 0 radical (unpaired) electrons. The molecule has 1 heteroatoms. The first-order valence-corrected chi connectivity index (χ1v) is 5.67. The van der Waals surface area contributed by atoms with Crippen molar-refractivity contribution < 1.29 is 0 Å². The summed E-state index contributed by atoms with van der Waals surface area (Å²) < 4.78 is 0. The molecule has 16 heavy (non-hydrogen) atoms. The lowest BCUT2D eigenvalue weighted by atomic mass is 10.1. The molecule has 0 bridgehead atoms. The van der Waals surface area contributed by atoms with Gasteiger partial charge in [0.2, 0.25) is 0 Å². The Morgan fingerprint density at radius 2 is 1.50 bits per heavy atom. The molecule has 0 aliphatic heterocycles. The van der Waals surface area contributed by atoms with Crippen LogP contribution in [0.15, 0.2) is 43.5 Å². The van der Waals surface area contributed by atoms with E-state index in [4.69, 9.17) is 0 Å². The number of aryl methyl sites for hydroxylation is 2. The van der Waals surface area contributed by atoms with Gasteiger partial charge in [0.25, 0.3) is 0 Å². The highest BCUT2D eigenvalue weighted by Crippen LogP contribution is 2.11. The van der Waals surface area contributed by atoms with Crippen molar-refractivity contribution in [3.63, 3.8) is 0 Å². The van der Waals surface area contributed by atoms with E-state index in [1.807, 2.05) is 12.2 Å². The number of benzene rings is 1. The molecule has 0 N–H and O–H groups in total. The van der Waals surface area contributed by atoms with Gasteiger partial charge in [0, 0.05) is 19.6 Å². The standard InChI is InChI=1S/C15H21N/c1-5-7-16(8-6-2)12-15-10-13(3)9-14(4)11-15/h5-6,9-11H,1-2,7-8,12H2,3-4H3. The largest absolute Gasteiger partial charge is 0.292 e. The molecule has 0 atom stereocenters. The molecule has 0 aliphatic carbocycles. The van der Waals surface area contributed by atoms with Crippen molar-refractivity contribution in [3.05, 3.63) is 60.2 Å². The van der Waals surface area contributed by atoms with Gasteiger partial charge in [-0.2, -0.15) is 0 Å². The number of hydrogen-bond donors (Lipinski definition) is 0. The lowest BCUT2D eigenvalue weighted by molar-refractivity contribution is 0.327. The second-order valence-corrected chi connectivity index (χ2v) is 4.27. The Morgan fingerprint density at radius 1 is 1.00 bits per heavy atom. The number of hydrogen-bond acceptors (Lipinski definition) is 1. The van der Waals surface area contributed by atoms with Crippen LogP contribution in [0.5, 0.6) is 0 Å². The summed E-state index contributed by atoms with van der Waals surface area (Å²) in [5.74, 6) is 0. The second-order valence-electron chi connectivity index (χ2n) is 4.27. The smallest absolute Gasteiger partial charge is 0.0240 e. The fraction of sp³-hybridized carbons (Fsp3) is 0.333. The van der Waals surface area contributed by atoms with Crippen molar-refractivity contribution in [2.45, 2.75) is 20.4 Å². The van der Waals surface area contributed by atoms with Crippen LogP contribution in [0.3, 0.4) is 0 Å². The minimum atomic E-state index is 0.902. The summed E-state index contributed by atoms with van der Waals surface area (Å²) in [5, 5.41) is 0. The molecule has 1 aromatic carbocycles. The van der Waals surface area contributed by atoms with Gasteiger partial charge in [-0.3, -0.25) is 4.90 Å². The predicted molar refractivity (Wildman–Crippen MR) is 71.6 cm³/mol. The third kappa shape index (κ3) is 4.03. The first-order chi connectivity index (χ1) is 7.65. The molecule has 0 heterocycles. The zero-order valence-electron chi connectivity index (χ0n) is 10.4. The van der Waals surface area contributed by atoms with E-state index >= 15 is 0 Å². The van der Waals surface area contributed by atoms with Crippen molar-refractivity contribution >= 4 is 0 Å². The summed E-state index contributed by atoms with van der Waals surface area (Å²) in [6, 6.07) is 6.69. The van der Waals surface area contributed by atoms with Crippen LogP contribution < -0.4 is 0 Å². The van der Waals surface area contributed by atoms with Crippen molar-refractivity contribution in [2.24, 2.45) is 0 Å². The Bertz CT molecular complexity index is 335. The van der Waals surface area contributed by atoms with Gasteiger partial charge in [0.05, 0.1) is 0 Å². The van der Waals surface area contributed by atoms with Gasteiger partial charge in [-0.05, 0) is 19.4 Å². The van der Waals surface area contributed by atoms with E-state index < -0.39 is 0 Å². The molecule has 0 aromatic heterocycles. The van der Waals surface area contributed by atoms with Crippen LogP contribution >= 0.6 is 0 Å². The average molecular weight is 215 g/mol. The first kappa shape index (κ1) is 12.7. The van der Waals surface area contributed by atoms with E-state index in [0.29, 0.717) is 0 Å². The zero-order chi connectivity index (χ0) is 12.0. The van der Waals surface area contributed by atoms with Crippen LogP contribution in [0.2, 0.25) is 0 Å². The third-order valence-electron chi connectivity index (χ3n) is 2.46. The number of nitrogens with zero attached hydrogens (tertiary/aromatic N) is 1. The highest BCUT2D eigenvalue weighted by Gasteiger charge is 2.03. The maximum Gasteiger partial charge on any atom is 0.0240 e. The molecule has 1 nitrogen and oxygen atoms in total. The Morgan fingerprint density at radius 3 is 1.94 bits per heavy atom. The van der Waals surface area contributed by atoms with E-state index in [9.17, 15) is 0 Å². The van der Waals surface area contributed by atoms with Crippen molar-refractivity contribution in [2.75, 3.05) is 13.1 Å². The Kier molecular flexibility index (Phi) is 5.00. The lowest BCUT2D eigenvalue weighted by Gasteiger charge is -2.19. The van der Waals surface area contributed by atoms with Crippen LogP contribution in [-0.2, 0) is 6.54 Å². The molecular weight excluding hydrogens is 194 g/mol. The molecule has 1 rings (SSSR count). The van der Waals surface area contributed by atoms with Crippen LogP contribution in [0.25, 0.3) is 0 Å². The summed E-state index contributed by atoms with van der Waals surface area (Å²) >= 11 is 0. The van der Waals surface area contributed by atoms with Crippen molar-refractivity contribution in [1.29, 1.82) is 0 Å². The minimum absolute atomic E-state index is 0.902. The highest BCUT2D eigenvalue weighted by molar-refractivity contribution is 5.28. The SMILES string of the molecule is C=CCN(CC=C)Cc1cc(C)cc(C)c1. The van der Waals surface area contributed by atoms with E-state index in [1.54, 1.807) is 0 Å². The summed E-state index contributed by atoms with van der Waals surface area (Å²) in [6.45, 7) is 14.6. The highest BCUT2D eigenvalue weighted by atomic mass is 15.1. The molecule has 86 valence electrons. The van der Waals surface area contributed by atoms with Gasteiger partial charge >= 0.3 is 0 Å². The van der Waals surface area contributed by atoms with Crippen LogP contribution in [0, 0.1) is 13.8 Å². The minimum Gasteiger partial charge on any atom is -0.292 e. The van der Waals surface area contributed by atoms with E-state index in [-0.39, 0.29) is 0 Å². The molecule has 0 unspecified atom stereocenters. The summed E-state index contributed by atoms with van der Waals surface area (Å²) in [7, 11) is 0. The summed E-state index contributed by atoms with van der Waals surface area (Å²) in [5.41, 5.74) is 4.01. The van der Waals surface area contributed by atoms with Crippen molar-refractivity contribution in [3.8, 4) is 0 Å². The summed E-state index contributed by atoms with van der Waals surface area (Å²) in [6.07, 6.45) is 3.87. The van der Waals surface area contributed by atoms with Gasteiger partial charge < -0.3 is 0 Å². The molecule has 0 saturated carbocycles. The lowest BCUT2D eigenvalue weighted by Crippen LogP contribution is -2.23. The molecule has 0 amide bonds. The first-order valence-electron chi connectivity index (χ1n) is 5.67. The van der Waals surface area contributed by atoms with Gasteiger partial charge in [-0.1, -0.05) is 41.5 Å². The van der Waals surface area contributed by atoms with E-state index in [2.05, 4.69) is 50.1 Å². The van der Waals surface area contributed by atoms with Crippen molar-refractivity contribution in [1.82, 2.24) is 4.90 Å². The average Bonchev–Trinajstić information content (AvgIpc) is 2.16. The quantitative estimate of drug-likeness (QED) is 0.657. The van der Waals surface area contributed by atoms with Gasteiger partial charge in [-0.15, -0.1) is 13.2 Å². The Labute approximate surface area is 99.1 Å². The Balaban J connectivity index is 2.75. The van der Waals surface area contributed by atoms with Crippen LogP contribution in [0.1, 0.15) is 16.7 Å². The fourth-order valence-electron chi connectivity index (χ4n) is 1.99. The molecular formula is C15H21N. The maximum absolute atomic E-state index is 3.78. The summed E-state index contributed by atoms with van der Waals surface area (Å²) in [4.78, 5) is 2.31. The monoisotopic (exact) mass is 215 g/mol. The maximum atomic E-state index is 3.78. The van der Waals surface area contributed by atoms with E-state index in [1.165, 1.54) is 16.7 Å². The molecule has 0 fully saturated rings. The van der Waals surface area contributed by atoms with Crippen LogP contribution in [0.4, 0.5) is 0 Å². The molecule has 0 saturated heterocycles. The second kappa shape index (κ2) is 6.29. The van der Waals surface area contributed by atoms with Gasteiger partial charge in [0.15, 0.2) is 0 Å². The fourth-order valence-corrected chi connectivity index (χ4v) is 1.99. The molecule has 0 aliphatic rings. The number of rotatable bonds is 6. The van der Waals surface area contributed by atoms with E-state index in [0.717, 1.165) is 19.6 Å². The zero-order valence-corrected chi connectivity index (χ0v) is 10.4. The van der Waals surface area contributed by atoms with Gasteiger partial charge in [0.1, 0.15) is 0 Å². The molecule has 1 aromatic rings.